The molecule has 0 aliphatic heterocycles. The van der Waals surface area contributed by atoms with Crippen LogP contribution in [0.2, 0.25) is 30.1 Å². The molecule has 48 heavy (non-hydrogen) atoms. The Morgan fingerprint density at radius 2 is 0.938 bits per heavy atom. The van der Waals surface area contributed by atoms with Crippen LogP contribution in [-0.4, -0.2) is 37.1 Å². The normalized spacial score (nSPS) is 20.9. The summed E-state index contributed by atoms with van der Waals surface area (Å²) < 4.78 is 21.3. The third-order valence-corrected chi connectivity index (χ3v) is 11.4. The van der Waals surface area contributed by atoms with Crippen molar-refractivity contribution in [3.05, 3.63) is 53.4 Å². The first kappa shape index (κ1) is 38.9. The molecular weight excluding hydrogens is 749 g/mol. The maximum absolute atomic E-state index is 13.2. The van der Waals surface area contributed by atoms with Crippen LogP contribution in [0.3, 0.4) is 0 Å². The molecule has 8 nitrogen and oxygen atoms in total. The molecule has 2 aliphatic carbocycles. The molecule has 2 aliphatic rings. The number of rotatable bonds is 10. The van der Waals surface area contributed by atoms with Gasteiger partial charge in [-0.3, -0.25) is 0 Å². The SMILES string of the molecule is CC1CCCCC1CCOC(=O)c1c(Cl)c(Cl)cc(Cl)c1OC(=O)C(=O)Oc1c(Cl)cc(Cl)c(Cl)c1C(=O)OCCC1CCCCC1C. The molecule has 2 saturated carbocycles. The van der Waals surface area contributed by atoms with E-state index in [9.17, 15) is 19.2 Å². The van der Waals surface area contributed by atoms with E-state index in [1.807, 2.05) is 0 Å². The lowest BCUT2D eigenvalue weighted by Gasteiger charge is -2.28. The largest absolute Gasteiger partial charge is 0.462 e. The van der Waals surface area contributed by atoms with Gasteiger partial charge in [0.1, 0.15) is 11.1 Å². The summed E-state index contributed by atoms with van der Waals surface area (Å²) in [5.74, 6) is -4.51. The molecule has 262 valence electrons. The Balaban J connectivity index is 1.48. The maximum Gasteiger partial charge on any atom is 0.423 e. The van der Waals surface area contributed by atoms with Gasteiger partial charge in [0, 0.05) is 0 Å². The first-order valence-electron chi connectivity index (χ1n) is 15.9. The second-order valence-electron chi connectivity index (χ2n) is 12.4. The van der Waals surface area contributed by atoms with Gasteiger partial charge in [0.05, 0.1) is 43.3 Å². The van der Waals surface area contributed by atoms with Crippen molar-refractivity contribution in [3.63, 3.8) is 0 Å². The van der Waals surface area contributed by atoms with Crippen LogP contribution < -0.4 is 9.47 Å². The van der Waals surface area contributed by atoms with Gasteiger partial charge in [-0.05, 0) is 48.6 Å². The summed E-state index contributed by atoms with van der Waals surface area (Å²) in [4.78, 5) is 52.4. The van der Waals surface area contributed by atoms with Crippen LogP contribution in [-0.2, 0) is 19.1 Å². The molecule has 14 heteroatoms. The molecule has 0 aromatic heterocycles. The van der Waals surface area contributed by atoms with Gasteiger partial charge in [0.25, 0.3) is 0 Å². The Labute approximate surface area is 309 Å². The van der Waals surface area contributed by atoms with Crippen molar-refractivity contribution in [2.24, 2.45) is 23.7 Å². The summed E-state index contributed by atoms with van der Waals surface area (Å²) in [6, 6.07) is 2.27. The molecule has 2 aromatic rings. The van der Waals surface area contributed by atoms with Gasteiger partial charge >= 0.3 is 23.9 Å². The van der Waals surface area contributed by atoms with E-state index in [-0.39, 0.29) is 43.3 Å². The van der Waals surface area contributed by atoms with Gasteiger partial charge in [-0.2, -0.15) is 0 Å². The summed E-state index contributed by atoms with van der Waals surface area (Å²) in [6.07, 6.45) is 10.1. The van der Waals surface area contributed by atoms with Gasteiger partial charge in [-0.1, -0.05) is 135 Å². The molecule has 2 aromatic carbocycles. The van der Waals surface area contributed by atoms with Gasteiger partial charge in [0.15, 0.2) is 11.5 Å². The maximum atomic E-state index is 13.2. The quantitative estimate of drug-likeness (QED) is 0.101. The lowest BCUT2D eigenvalue weighted by Crippen LogP contribution is -2.27. The zero-order chi connectivity index (χ0) is 35.1. The summed E-state index contributed by atoms with van der Waals surface area (Å²) >= 11 is 37.5. The zero-order valence-electron chi connectivity index (χ0n) is 26.5. The fraction of sp³-hybridized carbons (Fsp3) is 0.529. The molecule has 4 unspecified atom stereocenters. The highest BCUT2D eigenvalue weighted by Crippen LogP contribution is 2.42. The number of ether oxygens (including phenoxy) is 4. The van der Waals surface area contributed by atoms with Crippen LogP contribution in [0.5, 0.6) is 11.5 Å². The molecule has 0 N–H and O–H groups in total. The van der Waals surface area contributed by atoms with E-state index < -0.39 is 46.5 Å². The number of carbonyl (C=O) groups is 4. The Bertz CT molecular complexity index is 1430. The van der Waals surface area contributed by atoms with E-state index in [0.29, 0.717) is 36.5 Å². The lowest BCUT2D eigenvalue weighted by molar-refractivity contribution is -0.156. The van der Waals surface area contributed by atoms with Crippen LogP contribution in [0.25, 0.3) is 0 Å². The molecule has 4 rings (SSSR count). The molecule has 0 spiro atoms. The van der Waals surface area contributed by atoms with Crippen molar-refractivity contribution < 1.29 is 38.1 Å². The third kappa shape index (κ3) is 9.64. The second kappa shape index (κ2) is 17.8. The number of hydrogen-bond acceptors (Lipinski definition) is 8. The molecule has 0 amide bonds. The minimum absolute atomic E-state index is 0.0815. The summed E-state index contributed by atoms with van der Waals surface area (Å²) in [5.41, 5.74) is -0.896. The first-order chi connectivity index (χ1) is 22.8. The van der Waals surface area contributed by atoms with E-state index in [4.69, 9.17) is 88.6 Å². The molecule has 0 radical (unpaired) electrons. The fourth-order valence-electron chi connectivity index (χ4n) is 6.38. The van der Waals surface area contributed by atoms with E-state index in [1.54, 1.807) is 0 Å². The monoisotopic (exact) mass is 782 g/mol. The molecule has 0 heterocycles. The molecule has 2 fully saturated rings. The fourth-order valence-corrected chi connectivity index (χ4v) is 7.82. The predicted octanol–water partition coefficient (Wildman–Crippen LogP) is 10.9. The highest BCUT2D eigenvalue weighted by Gasteiger charge is 2.33. The smallest absolute Gasteiger partial charge is 0.423 e. The van der Waals surface area contributed by atoms with E-state index >= 15 is 0 Å². The standard InChI is InChI=1S/C34H36Cl6O8/c1-17-7-3-5-9-19(17)11-13-45-31(41)25-27(39)21(35)15-23(37)29(25)47-33(43)34(44)48-30-24(38)16-22(36)28(40)26(30)32(42)46-14-12-20-10-6-4-8-18(20)2/h15-20H,3-14H2,1-2H3. The Morgan fingerprint density at radius 3 is 1.29 bits per heavy atom. The molecule has 0 bridgehead atoms. The summed E-state index contributed by atoms with van der Waals surface area (Å²) in [5, 5.41) is -1.42. The van der Waals surface area contributed by atoms with Crippen molar-refractivity contribution in [2.75, 3.05) is 13.2 Å². The highest BCUT2D eigenvalue weighted by atomic mass is 35.5. The molecule has 0 saturated heterocycles. The number of carbonyl (C=O) groups excluding carboxylic acids is 4. The summed E-state index contributed by atoms with van der Waals surface area (Å²) in [7, 11) is 0. The minimum Gasteiger partial charge on any atom is -0.462 e. The van der Waals surface area contributed by atoms with Crippen LogP contribution in [0.15, 0.2) is 12.1 Å². The summed E-state index contributed by atoms with van der Waals surface area (Å²) in [6.45, 7) is 4.51. The van der Waals surface area contributed by atoms with Crippen LogP contribution in [0, 0.1) is 23.7 Å². The highest BCUT2D eigenvalue weighted by molar-refractivity contribution is 6.47. The average Bonchev–Trinajstić information content (AvgIpc) is 3.04. The molecule has 4 atom stereocenters. The number of halogens is 6. The number of esters is 4. The number of hydrogen-bond donors (Lipinski definition) is 0. The zero-order valence-corrected chi connectivity index (χ0v) is 31.0. The Morgan fingerprint density at radius 1 is 0.583 bits per heavy atom. The first-order valence-corrected chi connectivity index (χ1v) is 18.2. The van der Waals surface area contributed by atoms with Gasteiger partial charge < -0.3 is 18.9 Å². The predicted molar refractivity (Wildman–Crippen MR) is 186 cm³/mol. The topological polar surface area (TPSA) is 105 Å². The van der Waals surface area contributed by atoms with Crippen molar-refractivity contribution in [1.29, 1.82) is 0 Å². The average molecular weight is 785 g/mol. The van der Waals surface area contributed by atoms with E-state index in [2.05, 4.69) is 13.8 Å². The Kier molecular flexibility index (Phi) is 14.4. The molecular formula is C34H36Cl6O8. The van der Waals surface area contributed by atoms with Crippen LogP contribution in [0.1, 0.15) is 98.8 Å². The minimum atomic E-state index is -1.63. The Hall–Kier alpha value is -1.94. The van der Waals surface area contributed by atoms with Crippen molar-refractivity contribution in [3.8, 4) is 11.5 Å². The number of benzene rings is 2. The third-order valence-electron chi connectivity index (χ3n) is 9.24. The second-order valence-corrected chi connectivity index (χ2v) is 14.8. The van der Waals surface area contributed by atoms with Crippen molar-refractivity contribution in [1.82, 2.24) is 0 Å². The van der Waals surface area contributed by atoms with Gasteiger partial charge in [-0.15, -0.1) is 0 Å². The lowest BCUT2D eigenvalue weighted by atomic mass is 9.79. The van der Waals surface area contributed by atoms with Crippen LogP contribution in [0.4, 0.5) is 0 Å². The van der Waals surface area contributed by atoms with Crippen molar-refractivity contribution >= 4 is 93.5 Å². The van der Waals surface area contributed by atoms with Crippen molar-refractivity contribution in [2.45, 2.75) is 78.1 Å². The van der Waals surface area contributed by atoms with Gasteiger partial charge in [0.2, 0.25) is 0 Å². The van der Waals surface area contributed by atoms with E-state index in [1.165, 1.54) is 12.8 Å². The van der Waals surface area contributed by atoms with E-state index in [0.717, 1.165) is 50.7 Å². The van der Waals surface area contributed by atoms with Crippen LogP contribution >= 0.6 is 69.6 Å². The van der Waals surface area contributed by atoms with Gasteiger partial charge in [-0.25, -0.2) is 19.2 Å².